The highest BCUT2D eigenvalue weighted by Gasteiger charge is 2.19. The van der Waals surface area contributed by atoms with Gasteiger partial charge in [0.2, 0.25) is 0 Å². The van der Waals surface area contributed by atoms with E-state index in [0.717, 1.165) is 0 Å². The molecular weight excluding hydrogens is 397 g/mol. The van der Waals surface area contributed by atoms with Crippen molar-refractivity contribution in [3.8, 4) is 0 Å². The van der Waals surface area contributed by atoms with Gasteiger partial charge in [-0.05, 0) is 12.1 Å². The molecule has 0 saturated heterocycles. The molecule has 0 saturated carbocycles. The van der Waals surface area contributed by atoms with Gasteiger partial charge in [-0.3, -0.25) is 20.3 Å². The van der Waals surface area contributed by atoms with Crippen LogP contribution in [-0.2, 0) is 0 Å². The predicted molar refractivity (Wildman–Crippen MR) is 104 cm³/mol. The Bertz CT molecular complexity index is 826. The molecule has 2 aromatic heterocycles. The summed E-state index contributed by atoms with van der Waals surface area (Å²) in [7, 11) is 1.69. The Morgan fingerprint density at radius 3 is 2.67 bits per heavy atom. The fourth-order valence-electron chi connectivity index (χ4n) is 2.02. The van der Waals surface area contributed by atoms with Crippen molar-refractivity contribution in [2.75, 3.05) is 30.8 Å². The van der Waals surface area contributed by atoms with Gasteiger partial charge < -0.3 is 26.7 Å². The first-order chi connectivity index (χ1) is 12.3. The number of anilines is 2. The molecule has 0 unspecified atom stereocenters. The number of halogens is 2. The molecule has 2 heterocycles. The Kier molecular flexibility index (Phi) is 7.81. The van der Waals surface area contributed by atoms with Gasteiger partial charge in [-0.25, -0.2) is 9.97 Å². The van der Waals surface area contributed by atoms with Crippen molar-refractivity contribution >= 4 is 53.4 Å². The Hall–Kier alpha value is -3.05. The number of H-pyrrole nitrogens is 1. The summed E-state index contributed by atoms with van der Waals surface area (Å²) in [6.07, 6.45) is 1.66. The quantitative estimate of drug-likeness (QED) is 0.282. The van der Waals surface area contributed by atoms with Crippen LogP contribution in [0.3, 0.4) is 0 Å². The van der Waals surface area contributed by atoms with Crippen molar-refractivity contribution in [1.82, 2.24) is 25.6 Å². The van der Waals surface area contributed by atoms with Crippen molar-refractivity contribution in [1.29, 1.82) is 5.41 Å². The second-order valence-corrected chi connectivity index (χ2v) is 5.56. The summed E-state index contributed by atoms with van der Waals surface area (Å²) in [4.78, 5) is 36.1. The third kappa shape index (κ3) is 5.72. The summed E-state index contributed by atoms with van der Waals surface area (Å²) >= 11 is 6.07. The molecule has 13 heteroatoms. The molecule has 0 aliphatic heterocycles. The number of carbonyl (C=O) groups is 2. The van der Waals surface area contributed by atoms with Crippen LogP contribution < -0.4 is 27.0 Å². The highest BCUT2D eigenvalue weighted by molar-refractivity contribution is 6.32. The third-order valence-electron chi connectivity index (χ3n) is 3.26. The topological polar surface area (TPSA) is 179 Å². The number of hydrogen-bond acceptors (Lipinski definition) is 7. The van der Waals surface area contributed by atoms with Gasteiger partial charge >= 0.3 is 0 Å². The number of nitrogens with one attached hydrogen (secondary N) is 4. The highest BCUT2D eigenvalue weighted by Crippen LogP contribution is 2.23. The molecular formula is C14H19Cl2N9O2. The van der Waals surface area contributed by atoms with E-state index in [1.54, 1.807) is 30.3 Å². The number of hydrogen-bond donors (Lipinski definition) is 6. The maximum atomic E-state index is 11.8. The average Bonchev–Trinajstić information content (AvgIpc) is 3.10. The standard InChI is InChI=1S/C14H18ClN9O2.ClH/c1-24(6-5-20-12(25)7-3-2-4-19-7)11-9(15)21-8(10(16)22-11)13(26)23-14(17)18;/h2-4,19H,5-6H2,1H3,(H2,16,22)(H,20,25)(H4,17,18,23,26);1H. The van der Waals surface area contributed by atoms with Crippen LogP contribution >= 0.6 is 24.0 Å². The maximum absolute atomic E-state index is 11.8. The van der Waals surface area contributed by atoms with Crippen molar-refractivity contribution in [2.24, 2.45) is 5.73 Å². The molecule has 0 spiro atoms. The lowest BCUT2D eigenvalue weighted by Crippen LogP contribution is -2.37. The predicted octanol–water partition coefficient (Wildman–Crippen LogP) is -0.0484. The lowest BCUT2D eigenvalue weighted by atomic mass is 10.3. The number of nitrogen functional groups attached to an aromatic ring is 1. The second-order valence-electron chi connectivity index (χ2n) is 5.20. The van der Waals surface area contributed by atoms with Gasteiger partial charge in [0.1, 0.15) is 5.69 Å². The average molecular weight is 416 g/mol. The zero-order chi connectivity index (χ0) is 19.3. The molecule has 2 aromatic rings. The Labute approximate surface area is 165 Å². The van der Waals surface area contributed by atoms with Crippen LogP contribution in [0.1, 0.15) is 21.0 Å². The number of guanidine groups is 1. The smallest absolute Gasteiger partial charge is 0.280 e. The minimum atomic E-state index is -0.781. The number of nitrogens with two attached hydrogens (primary N) is 2. The van der Waals surface area contributed by atoms with Gasteiger partial charge in [-0.15, -0.1) is 12.4 Å². The first-order valence-electron chi connectivity index (χ1n) is 7.40. The summed E-state index contributed by atoms with van der Waals surface area (Å²) in [6, 6.07) is 3.38. The van der Waals surface area contributed by atoms with E-state index in [1.807, 2.05) is 0 Å². The van der Waals surface area contributed by atoms with Gasteiger partial charge in [0, 0.05) is 26.3 Å². The maximum Gasteiger partial charge on any atom is 0.280 e. The number of likely N-dealkylation sites (N-methyl/N-ethyl adjacent to an activating group) is 1. The molecule has 8 N–H and O–H groups in total. The van der Waals surface area contributed by atoms with Crippen molar-refractivity contribution in [3.63, 3.8) is 0 Å². The van der Waals surface area contributed by atoms with E-state index < -0.39 is 11.9 Å². The number of aromatic amines is 1. The second kappa shape index (κ2) is 9.59. The van der Waals surface area contributed by atoms with Crippen LogP contribution in [0.15, 0.2) is 18.3 Å². The van der Waals surface area contributed by atoms with E-state index in [4.69, 9.17) is 28.5 Å². The van der Waals surface area contributed by atoms with Crippen LogP contribution in [0.25, 0.3) is 0 Å². The summed E-state index contributed by atoms with van der Waals surface area (Å²) < 4.78 is 0. The monoisotopic (exact) mass is 415 g/mol. The van der Waals surface area contributed by atoms with E-state index in [1.165, 1.54) is 0 Å². The molecule has 2 rings (SSSR count). The van der Waals surface area contributed by atoms with Crippen LogP contribution in [0.4, 0.5) is 11.6 Å². The van der Waals surface area contributed by atoms with Crippen LogP contribution in [0.5, 0.6) is 0 Å². The van der Waals surface area contributed by atoms with Crippen LogP contribution in [-0.4, -0.2) is 52.9 Å². The SMILES string of the molecule is CN(CCNC(=O)c1ccc[nH]1)c1nc(N)c(C(=O)NC(=N)N)nc1Cl.Cl. The van der Waals surface area contributed by atoms with E-state index in [2.05, 4.69) is 25.6 Å². The fraction of sp³-hybridized carbons (Fsp3) is 0.214. The molecule has 2 amide bonds. The lowest BCUT2D eigenvalue weighted by Gasteiger charge is -2.20. The van der Waals surface area contributed by atoms with Crippen molar-refractivity contribution in [3.05, 3.63) is 34.9 Å². The Balaban J connectivity index is 0.00000364. The van der Waals surface area contributed by atoms with E-state index >= 15 is 0 Å². The van der Waals surface area contributed by atoms with Crippen LogP contribution in [0.2, 0.25) is 5.15 Å². The zero-order valence-corrected chi connectivity index (χ0v) is 15.8. The molecule has 0 radical (unpaired) electrons. The molecule has 0 aliphatic carbocycles. The molecule has 0 fully saturated rings. The van der Waals surface area contributed by atoms with Gasteiger partial charge in [0.15, 0.2) is 28.4 Å². The highest BCUT2D eigenvalue weighted by atomic mass is 35.5. The van der Waals surface area contributed by atoms with E-state index in [9.17, 15) is 9.59 Å². The lowest BCUT2D eigenvalue weighted by molar-refractivity contribution is 0.0947. The number of nitrogens with zero attached hydrogens (tertiary/aromatic N) is 3. The zero-order valence-electron chi connectivity index (χ0n) is 14.2. The largest absolute Gasteiger partial charge is 0.382 e. The summed E-state index contributed by atoms with van der Waals surface area (Å²) in [6.45, 7) is 0.693. The molecule has 0 aromatic carbocycles. The molecule has 0 bridgehead atoms. The normalized spacial score (nSPS) is 9.85. The number of amides is 2. The first kappa shape index (κ1) is 22.0. The molecule has 146 valence electrons. The Morgan fingerprint density at radius 1 is 1.37 bits per heavy atom. The number of carbonyl (C=O) groups excluding carboxylic acids is 2. The van der Waals surface area contributed by atoms with Crippen molar-refractivity contribution in [2.45, 2.75) is 0 Å². The summed E-state index contributed by atoms with van der Waals surface area (Å²) in [5, 5.41) is 11.8. The molecule has 0 atom stereocenters. The summed E-state index contributed by atoms with van der Waals surface area (Å²) in [5.41, 5.74) is 11.1. The molecule has 27 heavy (non-hydrogen) atoms. The van der Waals surface area contributed by atoms with Gasteiger partial charge in [-0.2, -0.15) is 0 Å². The molecule has 0 aliphatic rings. The van der Waals surface area contributed by atoms with Gasteiger partial charge in [0.25, 0.3) is 11.8 Å². The minimum Gasteiger partial charge on any atom is -0.382 e. The third-order valence-corrected chi connectivity index (χ3v) is 3.52. The van der Waals surface area contributed by atoms with Gasteiger partial charge in [0.05, 0.1) is 0 Å². The molecule has 11 nitrogen and oxygen atoms in total. The fourth-order valence-corrected chi connectivity index (χ4v) is 2.29. The van der Waals surface area contributed by atoms with E-state index in [0.29, 0.717) is 18.8 Å². The number of rotatable bonds is 6. The number of aromatic nitrogens is 3. The van der Waals surface area contributed by atoms with Crippen LogP contribution in [0, 0.1) is 5.41 Å². The van der Waals surface area contributed by atoms with Gasteiger partial charge in [-0.1, -0.05) is 11.6 Å². The first-order valence-corrected chi connectivity index (χ1v) is 7.78. The Morgan fingerprint density at radius 2 is 2.07 bits per heavy atom. The van der Waals surface area contributed by atoms with Crippen molar-refractivity contribution < 1.29 is 9.59 Å². The minimum absolute atomic E-state index is 0. The van der Waals surface area contributed by atoms with E-state index in [-0.39, 0.29) is 40.8 Å². The summed E-state index contributed by atoms with van der Waals surface area (Å²) in [5.74, 6) is -1.48.